The third-order valence-electron chi connectivity index (χ3n) is 2.40. The van der Waals surface area contributed by atoms with Gasteiger partial charge >= 0.3 is 0 Å². The van der Waals surface area contributed by atoms with Crippen molar-refractivity contribution in [3.8, 4) is 0 Å². The Balaban J connectivity index is 2.56. The number of amides is 1. The second kappa shape index (κ2) is 6.51. The average Bonchev–Trinajstić information content (AvgIpc) is 2.29. The van der Waals surface area contributed by atoms with Gasteiger partial charge in [0, 0.05) is 18.4 Å². The van der Waals surface area contributed by atoms with Gasteiger partial charge < -0.3 is 10.6 Å². The standard InChI is InChI=1S/C12H18N2O3S/c1-13-9-3-4-12(15)14-10-5-7-11(8-6-10)18(2,16)17/h5-8,13H,3-4,9H2,1-2H3,(H,14,15). The molecule has 0 saturated heterocycles. The van der Waals surface area contributed by atoms with Gasteiger partial charge in [-0.3, -0.25) is 4.79 Å². The van der Waals surface area contributed by atoms with Crippen molar-refractivity contribution < 1.29 is 13.2 Å². The van der Waals surface area contributed by atoms with Crippen LogP contribution in [0.15, 0.2) is 29.2 Å². The van der Waals surface area contributed by atoms with Crippen LogP contribution in [0.2, 0.25) is 0 Å². The topological polar surface area (TPSA) is 75.3 Å². The third-order valence-corrected chi connectivity index (χ3v) is 3.53. The van der Waals surface area contributed by atoms with E-state index >= 15 is 0 Å². The first-order valence-corrected chi connectivity index (χ1v) is 7.57. The fraction of sp³-hybridized carbons (Fsp3) is 0.417. The molecule has 2 N–H and O–H groups in total. The molecule has 1 aromatic carbocycles. The van der Waals surface area contributed by atoms with Gasteiger partial charge in [0.2, 0.25) is 5.91 Å². The largest absolute Gasteiger partial charge is 0.326 e. The van der Waals surface area contributed by atoms with Crippen LogP contribution in [-0.4, -0.2) is 34.2 Å². The Labute approximate surface area is 108 Å². The maximum Gasteiger partial charge on any atom is 0.224 e. The minimum atomic E-state index is -3.19. The predicted molar refractivity (Wildman–Crippen MR) is 71.3 cm³/mol. The lowest BCUT2D eigenvalue weighted by atomic mass is 10.2. The van der Waals surface area contributed by atoms with Crippen molar-refractivity contribution in [3.05, 3.63) is 24.3 Å². The van der Waals surface area contributed by atoms with Crippen molar-refractivity contribution >= 4 is 21.4 Å². The van der Waals surface area contributed by atoms with E-state index in [4.69, 9.17) is 0 Å². The van der Waals surface area contributed by atoms with Gasteiger partial charge in [-0.25, -0.2) is 8.42 Å². The molecular weight excluding hydrogens is 252 g/mol. The quantitative estimate of drug-likeness (QED) is 0.757. The second-order valence-corrected chi connectivity index (χ2v) is 6.07. The Morgan fingerprint density at radius 3 is 2.33 bits per heavy atom. The summed E-state index contributed by atoms with van der Waals surface area (Å²) in [6, 6.07) is 6.15. The highest BCUT2D eigenvalue weighted by molar-refractivity contribution is 7.90. The molecule has 0 atom stereocenters. The van der Waals surface area contributed by atoms with Gasteiger partial charge in [0.1, 0.15) is 0 Å². The SMILES string of the molecule is CNCCCC(=O)Nc1ccc(S(C)(=O)=O)cc1. The van der Waals surface area contributed by atoms with Crippen molar-refractivity contribution in [1.82, 2.24) is 5.32 Å². The third kappa shape index (κ3) is 4.85. The van der Waals surface area contributed by atoms with Crippen LogP contribution < -0.4 is 10.6 Å². The maximum absolute atomic E-state index is 11.5. The number of rotatable bonds is 6. The number of nitrogens with one attached hydrogen (secondary N) is 2. The smallest absolute Gasteiger partial charge is 0.224 e. The van der Waals surface area contributed by atoms with E-state index in [9.17, 15) is 13.2 Å². The van der Waals surface area contributed by atoms with Gasteiger partial charge in [-0.2, -0.15) is 0 Å². The Morgan fingerprint density at radius 2 is 1.83 bits per heavy atom. The Kier molecular flexibility index (Phi) is 5.30. The highest BCUT2D eigenvalue weighted by Crippen LogP contribution is 2.14. The molecule has 0 spiro atoms. The molecule has 100 valence electrons. The molecule has 5 nitrogen and oxygen atoms in total. The van der Waals surface area contributed by atoms with Crippen LogP contribution in [0.1, 0.15) is 12.8 Å². The van der Waals surface area contributed by atoms with Crippen LogP contribution in [0.25, 0.3) is 0 Å². The van der Waals surface area contributed by atoms with Crippen LogP contribution >= 0.6 is 0 Å². The first-order chi connectivity index (χ1) is 8.43. The summed E-state index contributed by atoms with van der Waals surface area (Å²) in [7, 11) is -1.35. The van der Waals surface area contributed by atoms with Crippen molar-refractivity contribution in [1.29, 1.82) is 0 Å². The number of carbonyl (C=O) groups excluding carboxylic acids is 1. The predicted octanol–water partition coefficient (Wildman–Crippen LogP) is 1.03. The van der Waals surface area contributed by atoms with Gasteiger partial charge in [-0.05, 0) is 44.3 Å². The highest BCUT2D eigenvalue weighted by atomic mass is 32.2. The van der Waals surface area contributed by atoms with E-state index in [1.807, 2.05) is 7.05 Å². The van der Waals surface area contributed by atoms with E-state index in [-0.39, 0.29) is 10.8 Å². The van der Waals surface area contributed by atoms with Gasteiger partial charge in [0.15, 0.2) is 9.84 Å². The van der Waals surface area contributed by atoms with Gasteiger partial charge in [-0.1, -0.05) is 0 Å². The molecule has 0 heterocycles. The van der Waals surface area contributed by atoms with Crippen molar-refractivity contribution in [2.75, 3.05) is 25.2 Å². The molecule has 0 saturated carbocycles. The zero-order valence-electron chi connectivity index (χ0n) is 10.6. The van der Waals surface area contributed by atoms with Crippen LogP contribution in [-0.2, 0) is 14.6 Å². The second-order valence-electron chi connectivity index (χ2n) is 4.05. The van der Waals surface area contributed by atoms with Crippen molar-refractivity contribution in [2.24, 2.45) is 0 Å². The molecule has 1 amide bonds. The van der Waals surface area contributed by atoms with E-state index in [2.05, 4.69) is 10.6 Å². The monoisotopic (exact) mass is 270 g/mol. The summed E-state index contributed by atoms with van der Waals surface area (Å²) in [4.78, 5) is 11.8. The molecule has 0 aliphatic heterocycles. The zero-order chi connectivity index (χ0) is 13.6. The van der Waals surface area contributed by atoms with Crippen LogP contribution in [0.4, 0.5) is 5.69 Å². The fourth-order valence-corrected chi connectivity index (χ4v) is 2.07. The minimum Gasteiger partial charge on any atom is -0.326 e. The summed E-state index contributed by atoms with van der Waals surface area (Å²) >= 11 is 0. The molecule has 6 heteroatoms. The first kappa shape index (κ1) is 14.7. The molecule has 0 aromatic heterocycles. The summed E-state index contributed by atoms with van der Waals surface area (Å²) in [5.41, 5.74) is 0.608. The van der Waals surface area contributed by atoms with Crippen LogP contribution in [0.3, 0.4) is 0 Å². The molecule has 0 fully saturated rings. The van der Waals surface area contributed by atoms with Crippen molar-refractivity contribution in [3.63, 3.8) is 0 Å². The van der Waals surface area contributed by atoms with E-state index in [1.54, 1.807) is 12.1 Å². The molecule has 1 rings (SSSR count). The number of carbonyl (C=O) groups is 1. The van der Waals surface area contributed by atoms with Gasteiger partial charge in [0.25, 0.3) is 0 Å². The summed E-state index contributed by atoms with van der Waals surface area (Å²) < 4.78 is 22.5. The highest BCUT2D eigenvalue weighted by Gasteiger charge is 2.07. The molecular formula is C12H18N2O3S. The molecule has 0 bridgehead atoms. The molecule has 0 aliphatic rings. The van der Waals surface area contributed by atoms with Crippen molar-refractivity contribution in [2.45, 2.75) is 17.7 Å². The summed E-state index contributed by atoms with van der Waals surface area (Å²) in [6.45, 7) is 0.792. The minimum absolute atomic E-state index is 0.0719. The fourth-order valence-electron chi connectivity index (χ4n) is 1.43. The summed E-state index contributed by atoms with van der Waals surface area (Å²) in [5, 5.41) is 5.68. The molecule has 0 aliphatic carbocycles. The first-order valence-electron chi connectivity index (χ1n) is 5.68. The van der Waals surface area contributed by atoms with E-state index in [1.165, 1.54) is 12.1 Å². The normalized spacial score (nSPS) is 11.2. The molecule has 0 unspecified atom stereocenters. The molecule has 1 aromatic rings. The molecule has 0 radical (unpaired) electrons. The van der Waals surface area contributed by atoms with E-state index in [0.29, 0.717) is 12.1 Å². The number of anilines is 1. The summed E-state index contributed by atoms with van der Waals surface area (Å²) in [5.74, 6) is -0.0719. The number of sulfone groups is 1. The average molecular weight is 270 g/mol. The number of hydrogen-bond acceptors (Lipinski definition) is 4. The Morgan fingerprint density at radius 1 is 1.22 bits per heavy atom. The summed E-state index contributed by atoms with van der Waals surface area (Å²) in [6.07, 6.45) is 2.36. The lowest BCUT2D eigenvalue weighted by molar-refractivity contribution is -0.116. The lowest BCUT2D eigenvalue weighted by Gasteiger charge is -2.06. The van der Waals surface area contributed by atoms with E-state index < -0.39 is 9.84 Å². The lowest BCUT2D eigenvalue weighted by Crippen LogP contribution is -2.15. The number of hydrogen-bond donors (Lipinski definition) is 2. The zero-order valence-corrected chi connectivity index (χ0v) is 11.4. The van der Waals surface area contributed by atoms with Crippen LogP contribution in [0, 0.1) is 0 Å². The maximum atomic E-state index is 11.5. The van der Waals surface area contributed by atoms with E-state index in [0.717, 1.165) is 19.2 Å². The molecule has 18 heavy (non-hydrogen) atoms. The Bertz CT molecular complexity index is 495. The van der Waals surface area contributed by atoms with Gasteiger partial charge in [-0.15, -0.1) is 0 Å². The Hall–Kier alpha value is -1.40. The van der Waals surface area contributed by atoms with Crippen LogP contribution in [0.5, 0.6) is 0 Å². The van der Waals surface area contributed by atoms with Gasteiger partial charge in [0.05, 0.1) is 4.90 Å². The number of benzene rings is 1.